The van der Waals surface area contributed by atoms with E-state index in [2.05, 4.69) is 70.9 Å². The molecule has 0 spiro atoms. The van der Waals surface area contributed by atoms with Gasteiger partial charge in [0.1, 0.15) is 5.69 Å². The van der Waals surface area contributed by atoms with E-state index >= 15 is 0 Å². The standard InChI is InChI=1S/C24H20N4O/c1-14-6-4-5-7-18(14)22-19-11-9-16(12-17(19)13-26-27-22)21-15(2)8-10-20-23(21)29-28-24(20)25-3/h4-13H,1-3H3,(H,25,28). The first kappa shape index (κ1) is 17.4. The van der Waals surface area contributed by atoms with Crippen LogP contribution in [0.4, 0.5) is 5.82 Å². The molecule has 0 aliphatic rings. The lowest BCUT2D eigenvalue weighted by Gasteiger charge is -2.11. The molecule has 0 aliphatic heterocycles. The van der Waals surface area contributed by atoms with E-state index in [1.54, 1.807) is 0 Å². The summed E-state index contributed by atoms with van der Waals surface area (Å²) in [5.74, 6) is 0.745. The molecule has 0 radical (unpaired) electrons. The number of fused-ring (bicyclic) bond motifs is 2. The molecule has 5 aromatic rings. The number of aryl methyl sites for hydroxylation is 2. The largest absolute Gasteiger partial charge is 0.370 e. The van der Waals surface area contributed by atoms with Gasteiger partial charge in [0.05, 0.1) is 11.6 Å². The van der Waals surface area contributed by atoms with E-state index in [0.717, 1.165) is 55.5 Å². The van der Waals surface area contributed by atoms with Gasteiger partial charge in [-0.3, -0.25) is 0 Å². The van der Waals surface area contributed by atoms with Crippen molar-refractivity contribution in [1.29, 1.82) is 0 Å². The van der Waals surface area contributed by atoms with Gasteiger partial charge >= 0.3 is 0 Å². The molecule has 2 aromatic heterocycles. The molecule has 0 unspecified atom stereocenters. The Morgan fingerprint density at radius 3 is 2.55 bits per heavy atom. The molecule has 0 bridgehead atoms. The highest BCUT2D eigenvalue weighted by Crippen LogP contribution is 2.37. The van der Waals surface area contributed by atoms with E-state index in [4.69, 9.17) is 4.52 Å². The molecule has 5 heteroatoms. The van der Waals surface area contributed by atoms with Crippen molar-refractivity contribution in [2.45, 2.75) is 13.8 Å². The average molecular weight is 380 g/mol. The molecular formula is C24H20N4O. The highest BCUT2D eigenvalue weighted by atomic mass is 16.5. The smallest absolute Gasteiger partial charge is 0.177 e. The average Bonchev–Trinajstić information content (AvgIpc) is 3.16. The van der Waals surface area contributed by atoms with Crippen LogP contribution in [0.3, 0.4) is 0 Å². The molecule has 5 rings (SSSR count). The van der Waals surface area contributed by atoms with Gasteiger partial charge in [-0.1, -0.05) is 47.6 Å². The molecule has 5 nitrogen and oxygen atoms in total. The number of hydrogen-bond acceptors (Lipinski definition) is 5. The monoisotopic (exact) mass is 380 g/mol. The number of nitrogens with one attached hydrogen (secondary N) is 1. The van der Waals surface area contributed by atoms with Crippen LogP contribution < -0.4 is 5.32 Å². The van der Waals surface area contributed by atoms with Crippen LogP contribution >= 0.6 is 0 Å². The normalized spacial score (nSPS) is 11.3. The number of aromatic nitrogens is 3. The summed E-state index contributed by atoms with van der Waals surface area (Å²) in [4.78, 5) is 0. The fourth-order valence-corrected chi connectivity index (χ4v) is 3.92. The summed E-state index contributed by atoms with van der Waals surface area (Å²) in [5, 5.41) is 19.0. The Morgan fingerprint density at radius 1 is 0.897 bits per heavy atom. The van der Waals surface area contributed by atoms with Gasteiger partial charge in [-0.2, -0.15) is 5.10 Å². The van der Waals surface area contributed by atoms with E-state index in [9.17, 15) is 0 Å². The third-order valence-corrected chi connectivity index (χ3v) is 5.44. The molecule has 142 valence electrons. The lowest BCUT2D eigenvalue weighted by atomic mass is 9.95. The molecule has 29 heavy (non-hydrogen) atoms. The maximum Gasteiger partial charge on any atom is 0.177 e. The predicted octanol–water partition coefficient (Wildman–Crippen LogP) is 5.76. The first-order valence-electron chi connectivity index (χ1n) is 9.56. The van der Waals surface area contributed by atoms with Crippen molar-refractivity contribution in [2.24, 2.45) is 0 Å². The van der Waals surface area contributed by atoms with Gasteiger partial charge in [-0.25, -0.2) is 0 Å². The molecule has 3 aromatic carbocycles. The second-order valence-electron chi connectivity index (χ2n) is 7.23. The molecule has 0 saturated heterocycles. The minimum absolute atomic E-state index is 0.745. The highest BCUT2D eigenvalue weighted by Gasteiger charge is 2.16. The number of anilines is 1. The van der Waals surface area contributed by atoms with Gasteiger partial charge < -0.3 is 9.84 Å². The predicted molar refractivity (Wildman–Crippen MR) is 117 cm³/mol. The van der Waals surface area contributed by atoms with Gasteiger partial charge in [0.15, 0.2) is 11.4 Å². The molecule has 0 aliphatic carbocycles. The van der Waals surface area contributed by atoms with E-state index in [1.165, 1.54) is 5.56 Å². The van der Waals surface area contributed by atoms with Crippen LogP contribution in [0, 0.1) is 13.8 Å². The summed E-state index contributed by atoms with van der Waals surface area (Å²) < 4.78 is 5.69. The lowest BCUT2D eigenvalue weighted by molar-refractivity contribution is 0.460. The zero-order valence-electron chi connectivity index (χ0n) is 16.5. The Hall–Kier alpha value is -3.73. The van der Waals surface area contributed by atoms with E-state index in [1.807, 2.05) is 31.4 Å². The molecule has 0 amide bonds. The Kier molecular flexibility index (Phi) is 4.02. The quantitative estimate of drug-likeness (QED) is 0.431. The summed E-state index contributed by atoms with van der Waals surface area (Å²) in [6, 6.07) is 18.8. The highest BCUT2D eigenvalue weighted by molar-refractivity contribution is 6.02. The third kappa shape index (κ3) is 2.74. The maximum atomic E-state index is 5.69. The third-order valence-electron chi connectivity index (χ3n) is 5.44. The van der Waals surface area contributed by atoms with Crippen molar-refractivity contribution in [3.63, 3.8) is 0 Å². The molecule has 0 fully saturated rings. The molecule has 0 saturated carbocycles. The molecule has 2 heterocycles. The van der Waals surface area contributed by atoms with Gasteiger partial charge in [0.25, 0.3) is 0 Å². The maximum absolute atomic E-state index is 5.69. The van der Waals surface area contributed by atoms with E-state index in [-0.39, 0.29) is 0 Å². The van der Waals surface area contributed by atoms with Crippen LogP contribution in [0.15, 0.2) is 65.3 Å². The number of benzene rings is 3. The topological polar surface area (TPSA) is 63.8 Å². The van der Waals surface area contributed by atoms with E-state index < -0.39 is 0 Å². The fourth-order valence-electron chi connectivity index (χ4n) is 3.92. The minimum Gasteiger partial charge on any atom is -0.370 e. The van der Waals surface area contributed by atoms with Crippen molar-refractivity contribution in [1.82, 2.24) is 15.4 Å². The second-order valence-corrected chi connectivity index (χ2v) is 7.23. The van der Waals surface area contributed by atoms with Gasteiger partial charge in [-0.05, 0) is 42.7 Å². The summed E-state index contributed by atoms with van der Waals surface area (Å²) in [7, 11) is 1.85. The van der Waals surface area contributed by atoms with Gasteiger partial charge in [-0.15, -0.1) is 5.10 Å². The summed E-state index contributed by atoms with van der Waals surface area (Å²) >= 11 is 0. The molecule has 0 atom stereocenters. The van der Waals surface area contributed by atoms with Crippen LogP contribution in [0.1, 0.15) is 11.1 Å². The number of nitrogens with zero attached hydrogens (tertiary/aromatic N) is 3. The minimum atomic E-state index is 0.745. The lowest BCUT2D eigenvalue weighted by Crippen LogP contribution is -1.93. The number of rotatable bonds is 3. The van der Waals surface area contributed by atoms with Crippen LogP contribution in [-0.2, 0) is 0 Å². The van der Waals surface area contributed by atoms with Crippen LogP contribution in [0.2, 0.25) is 0 Å². The SMILES string of the molecule is CNc1noc2c(-c3ccc4c(-c5ccccc5C)nncc4c3)c(C)ccc12. The summed E-state index contributed by atoms with van der Waals surface area (Å²) in [6.45, 7) is 4.18. The Labute approximate surface area is 168 Å². The van der Waals surface area contributed by atoms with E-state index in [0.29, 0.717) is 0 Å². The van der Waals surface area contributed by atoms with Crippen molar-refractivity contribution in [3.8, 4) is 22.4 Å². The molecule has 1 N–H and O–H groups in total. The Balaban J connectivity index is 1.73. The first-order chi connectivity index (χ1) is 14.2. The van der Waals surface area contributed by atoms with Crippen LogP contribution in [0.5, 0.6) is 0 Å². The number of hydrogen-bond donors (Lipinski definition) is 1. The van der Waals surface area contributed by atoms with Crippen molar-refractivity contribution < 1.29 is 4.52 Å². The zero-order chi connectivity index (χ0) is 20.0. The zero-order valence-corrected chi connectivity index (χ0v) is 16.5. The Morgan fingerprint density at radius 2 is 1.72 bits per heavy atom. The summed E-state index contributed by atoms with van der Waals surface area (Å²) in [6.07, 6.45) is 1.81. The summed E-state index contributed by atoms with van der Waals surface area (Å²) in [5.41, 5.74) is 7.23. The first-order valence-corrected chi connectivity index (χ1v) is 9.56. The van der Waals surface area contributed by atoms with Crippen molar-refractivity contribution in [3.05, 3.63) is 71.9 Å². The molecular weight excluding hydrogens is 360 g/mol. The van der Waals surface area contributed by atoms with Crippen molar-refractivity contribution in [2.75, 3.05) is 12.4 Å². The fraction of sp³-hybridized carbons (Fsp3) is 0.125. The Bertz CT molecular complexity index is 1370. The second kappa shape index (κ2) is 6.71. The van der Waals surface area contributed by atoms with Gasteiger partial charge in [0, 0.05) is 28.9 Å². The van der Waals surface area contributed by atoms with Crippen LogP contribution in [-0.4, -0.2) is 22.4 Å². The van der Waals surface area contributed by atoms with Gasteiger partial charge in [0.2, 0.25) is 0 Å². The van der Waals surface area contributed by atoms with Crippen LogP contribution in [0.25, 0.3) is 44.1 Å². The van der Waals surface area contributed by atoms with Crippen molar-refractivity contribution >= 4 is 27.6 Å².